The third-order valence-electron chi connectivity index (χ3n) is 5.89. The van der Waals surface area contributed by atoms with Crippen LogP contribution in [-0.2, 0) is 9.59 Å². The van der Waals surface area contributed by atoms with Gasteiger partial charge < -0.3 is 24.0 Å². The van der Waals surface area contributed by atoms with E-state index >= 15 is 0 Å². The molecule has 0 bridgehead atoms. The molecule has 2 amide bonds. The zero-order chi connectivity index (χ0) is 24.0. The average Bonchev–Trinajstić information content (AvgIpc) is 2.91. The highest BCUT2D eigenvalue weighted by Crippen LogP contribution is 2.35. The number of carbonyl (C=O) groups excluding carboxylic acids is 2. The van der Waals surface area contributed by atoms with Gasteiger partial charge >= 0.3 is 0 Å². The summed E-state index contributed by atoms with van der Waals surface area (Å²) >= 11 is 0. The van der Waals surface area contributed by atoms with Gasteiger partial charge in [-0.05, 0) is 29.8 Å². The minimum atomic E-state index is -0.161. The Morgan fingerprint density at radius 2 is 1.66 bits per heavy atom. The van der Waals surface area contributed by atoms with Crippen molar-refractivity contribution in [2.45, 2.75) is 6.42 Å². The van der Waals surface area contributed by atoms with Crippen LogP contribution in [0.1, 0.15) is 12.0 Å². The van der Waals surface area contributed by atoms with Crippen LogP contribution in [0.5, 0.6) is 17.2 Å². The van der Waals surface area contributed by atoms with E-state index in [4.69, 9.17) is 14.2 Å². The van der Waals surface area contributed by atoms with Crippen LogP contribution in [-0.4, -0.2) is 44.7 Å². The summed E-state index contributed by atoms with van der Waals surface area (Å²) in [6.45, 7) is 1.58. The van der Waals surface area contributed by atoms with Crippen LogP contribution in [0, 0.1) is 0 Å². The molecular weight excluding hydrogens is 444 g/mol. The molecule has 2 aliphatic heterocycles. The molecule has 7 heteroatoms. The molecule has 7 nitrogen and oxygen atoms in total. The van der Waals surface area contributed by atoms with E-state index < -0.39 is 0 Å². The molecule has 0 unspecified atom stereocenters. The van der Waals surface area contributed by atoms with E-state index in [2.05, 4.69) is 0 Å². The van der Waals surface area contributed by atoms with Gasteiger partial charge in [-0.25, -0.2) is 0 Å². The molecule has 178 valence electrons. The van der Waals surface area contributed by atoms with E-state index in [0.29, 0.717) is 48.4 Å². The quantitative estimate of drug-likeness (QED) is 0.515. The summed E-state index contributed by atoms with van der Waals surface area (Å²) in [5.41, 5.74) is 2.45. The topological polar surface area (TPSA) is 68.3 Å². The van der Waals surface area contributed by atoms with Crippen molar-refractivity contribution in [2.75, 3.05) is 42.7 Å². The van der Waals surface area contributed by atoms with Crippen LogP contribution in [0.25, 0.3) is 6.08 Å². The van der Waals surface area contributed by atoms with Gasteiger partial charge in [0.1, 0.15) is 19.0 Å². The first-order chi connectivity index (χ1) is 17.2. The Bertz CT molecular complexity index is 1240. The maximum Gasteiger partial charge on any atom is 0.265 e. The Balaban J connectivity index is 1.35. The molecule has 0 aromatic heterocycles. The Morgan fingerprint density at radius 3 is 2.51 bits per heavy atom. The third-order valence-corrected chi connectivity index (χ3v) is 5.89. The second kappa shape index (κ2) is 10.3. The standard InChI is InChI=1S/C28H26N2O5/c31-27(14-16-30-23-10-4-5-11-24(23)35-20-28(30)32)29(15-6-9-21-7-2-1-3-8-21)22-12-13-25-26(19-22)34-18-17-33-25/h1-13,19H,14-18,20H2. The number of benzene rings is 3. The Hall–Kier alpha value is -4.26. The Labute approximate surface area is 204 Å². The van der Waals surface area contributed by atoms with Crippen LogP contribution < -0.4 is 24.0 Å². The number of nitrogens with zero attached hydrogens (tertiary/aromatic N) is 2. The fraction of sp³-hybridized carbons (Fsp3) is 0.214. The number of amides is 2. The van der Waals surface area contributed by atoms with E-state index in [-0.39, 0.29) is 31.4 Å². The van der Waals surface area contributed by atoms with Crippen LogP contribution in [0.2, 0.25) is 0 Å². The van der Waals surface area contributed by atoms with Gasteiger partial charge in [0.15, 0.2) is 18.1 Å². The zero-order valence-corrected chi connectivity index (χ0v) is 19.3. The Morgan fingerprint density at radius 1 is 0.886 bits per heavy atom. The smallest absolute Gasteiger partial charge is 0.265 e. The number of anilines is 2. The number of hydrogen-bond acceptors (Lipinski definition) is 5. The number of ether oxygens (including phenoxy) is 3. The molecule has 0 radical (unpaired) electrons. The highest BCUT2D eigenvalue weighted by atomic mass is 16.6. The minimum Gasteiger partial charge on any atom is -0.486 e. The SMILES string of the molecule is O=C(CCN1C(=O)COc2ccccc21)N(CC=Cc1ccccc1)c1ccc2c(c1)OCCO2. The van der Waals surface area contributed by atoms with Crippen LogP contribution >= 0.6 is 0 Å². The maximum atomic E-state index is 13.5. The summed E-state index contributed by atoms with van der Waals surface area (Å²) in [5, 5.41) is 0. The molecule has 3 aromatic rings. The summed E-state index contributed by atoms with van der Waals surface area (Å²) in [7, 11) is 0. The first-order valence-electron chi connectivity index (χ1n) is 11.6. The Kier molecular flexibility index (Phi) is 6.66. The highest BCUT2D eigenvalue weighted by Gasteiger charge is 2.27. The molecule has 5 rings (SSSR count). The van der Waals surface area contributed by atoms with Crippen LogP contribution in [0.15, 0.2) is 78.9 Å². The van der Waals surface area contributed by atoms with Gasteiger partial charge in [-0.2, -0.15) is 0 Å². The molecule has 2 aliphatic rings. The molecule has 0 atom stereocenters. The molecule has 0 fully saturated rings. The highest BCUT2D eigenvalue weighted by molar-refractivity contribution is 5.99. The van der Waals surface area contributed by atoms with Crippen LogP contribution in [0.4, 0.5) is 11.4 Å². The summed E-state index contributed by atoms with van der Waals surface area (Å²) < 4.78 is 16.9. The van der Waals surface area contributed by atoms with Gasteiger partial charge in [0.2, 0.25) is 5.91 Å². The lowest BCUT2D eigenvalue weighted by Gasteiger charge is -2.30. The van der Waals surface area contributed by atoms with Crippen molar-refractivity contribution in [3.8, 4) is 17.2 Å². The maximum absolute atomic E-state index is 13.5. The van der Waals surface area contributed by atoms with Gasteiger partial charge in [0.25, 0.3) is 5.91 Å². The summed E-state index contributed by atoms with van der Waals surface area (Å²) in [6.07, 6.45) is 4.10. The van der Waals surface area contributed by atoms with E-state index in [0.717, 1.165) is 5.56 Å². The van der Waals surface area contributed by atoms with Crippen molar-refractivity contribution in [2.24, 2.45) is 0 Å². The van der Waals surface area contributed by atoms with Gasteiger partial charge in [-0.3, -0.25) is 9.59 Å². The fourth-order valence-electron chi connectivity index (χ4n) is 4.15. The lowest BCUT2D eigenvalue weighted by molar-refractivity contribution is -0.121. The molecule has 35 heavy (non-hydrogen) atoms. The number of carbonyl (C=O) groups is 2. The summed E-state index contributed by atoms with van der Waals surface area (Å²) in [4.78, 5) is 29.3. The van der Waals surface area contributed by atoms with E-state index in [1.54, 1.807) is 9.80 Å². The first kappa shape index (κ1) is 22.5. The molecular formula is C28H26N2O5. The third kappa shape index (κ3) is 5.14. The molecule has 0 aliphatic carbocycles. The number of fused-ring (bicyclic) bond motifs is 2. The predicted octanol–water partition coefficient (Wildman–Crippen LogP) is 4.32. The fourth-order valence-corrected chi connectivity index (χ4v) is 4.15. The van der Waals surface area contributed by atoms with Crippen molar-refractivity contribution in [3.05, 3.63) is 84.4 Å². The summed E-state index contributed by atoms with van der Waals surface area (Å²) in [6, 6.07) is 22.8. The molecule has 0 saturated carbocycles. The van der Waals surface area contributed by atoms with Crippen molar-refractivity contribution in [1.29, 1.82) is 0 Å². The van der Waals surface area contributed by atoms with Crippen LogP contribution in [0.3, 0.4) is 0 Å². The number of para-hydroxylation sites is 2. The predicted molar refractivity (Wildman–Crippen MR) is 134 cm³/mol. The molecule has 3 aromatic carbocycles. The molecule has 2 heterocycles. The number of hydrogen-bond donors (Lipinski definition) is 0. The van der Waals surface area contributed by atoms with E-state index in [9.17, 15) is 9.59 Å². The second-order valence-electron chi connectivity index (χ2n) is 8.20. The van der Waals surface area contributed by atoms with Crippen molar-refractivity contribution < 1.29 is 23.8 Å². The van der Waals surface area contributed by atoms with E-state index in [1.165, 1.54) is 0 Å². The lowest BCUT2D eigenvalue weighted by Crippen LogP contribution is -2.41. The second-order valence-corrected chi connectivity index (χ2v) is 8.20. The number of rotatable bonds is 7. The first-order valence-corrected chi connectivity index (χ1v) is 11.6. The molecule has 0 spiro atoms. The van der Waals surface area contributed by atoms with Gasteiger partial charge in [-0.15, -0.1) is 0 Å². The monoisotopic (exact) mass is 470 g/mol. The average molecular weight is 471 g/mol. The molecule has 0 N–H and O–H groups in total. The minimum absolute atomic E-state index is 0.0309. The van der Waals surface area contributed by atoms with Gasteiger partial charge in [-0.1, -0.05) is 54.6 Å². The lowest BCUT2D eigenvalue weighted by atomic mass is 10.2. The van der Waals surface area contributed by atoms with E-state index in [1.807, 2.05) is 84.9 Å². The van der Waals surface area contributed by atoms with Gasteiger partial charge in [0.05, 0.1) is 5.69 Å². The summed E-state index contributed by atoms with van der Waals surface area (Å²) in [5.74, 6) is 1.68. The van der Waals surface area contributed by atoms with Crippen molar-refractivity contribution in [1.82, 2.24) is 0 Å². The zero-order valence-electron chi connectivity index (χ0n) is 19.3. The largest absolute Gasteiger partial charge is 0.486 e. The normalized spacial score (nSPS) is 14.4. The van der Waals surface area contributed by atoms with Crippen molar-refractivity contribution in [3.63, 3.8) is 0 Å². The van der Waals surface area contributed by atoms with Crippen molar-refractivity contribution >= 4 is 29.3 Å². The molecule has 0 saturated heterocycles. The van der Waals surface area contributed by atoms with Gasteiger partial charge in [0, 0.05) is 31.3 Å².